The molecular formula is C24H20N4O4S2. The Morgan fingerprint density at radius 2 is 2.03 bits per heavy atom. The van der Waals surface area contributed by atoms with E-state index in [1.165, 1.54) is 33.7 Å². The first kappa shape index (κ1) is 22.2. The Balaban J connectivity index is 1.31. The second kappa shape index (κ2) is 9.32. The Labute approximate surface area is 202 Å². The number of hydrogen-bond acceptors (Lipinski definition) is 8. The summed E-state index contributed by atoms with van der Waals surface area (Å²) in [5.41, 5.74) is 2.92. The molecule has 5 aromatic rings. The number of thiazole rings is 1. The van der Waals surface area contributed by atoms with Crippen molar-refractivity contribution in [2.24, 2.45) is 0 Å². The van der Waals surface area contributed by atoms with Gasteiger partial charge in [-0.15, -0.1) is 15.9 Å². The number of ether oxygens (including phenoxy) is 1. The van der Waals surface area contributed by atoms with Gasteiger partial charge in [0, 0.05) is 23.6 Å². The molecule has 1 N–H and O–H groups in total. The summed E-state index contributed by atoms with van der Waals surface area (Å²) < 4.78 is 13.9. The van der Waals surface area contributed by atoms with Crippen LogP contribution in [0.5, 0.6) is 5.75 Å². The molecule has 0 aliphatic heterocycles. The fourth-order valence-corrected chi connectivity index (χ4v) is 5.46. The molecular weight excluding hydrogens is 472 g/mol. The summed E-state index contributed by atoms with van der Waals surface area (Å²) in [6.07, 6.45) is 0. The molecule has 8 nitrogen and oxygen atoms in total. The minimum atomic E-state index is -0.246. The summed E-state index contributed by atoms with van der Waals surface area (Å²) in [7, 11) is 0. The highest BCUT2D eigenvalue weighted by atomic mass is 32.2. The Bertz CT molecular complexity index is 1570. The van der Waals surface area contributed by atoms with Crippen molar-refractivity contribution in [3.8, 4) is 5.75 Å². The lowest BCUT2D eigenvalue weighted by Crippen LogP contribution is -2.13. The topological polar surface area (TPSA) is 98.7 Å². The molecule has 5 rings (SSSR count). The SMILES string of the molecule is CCOc1ccccc1C(=O)Nc1ccc2nc(SCc3cc(=O)n4oc(C)cc4n3)sc2c1. The maximum absolute atomic E-state index is 12.8. The first-order valence-electron chi connectivity index (χ1n) is 10.6. The number of para-hydroxylation sites is 1. The number of rotatable bonds is 7. The third-order valence-electron chi connectivity index (χ3n) is 4.93. The van der Waals surface area contributed by atoms with Gasteiger partial charge in [-0.05, 0) is 44.2 Å². The molecule has 0 spiro atoms. The van der Waals surface area contributed by atoms with E-state index in [-0.39, 0.29) is 11.5 Å². The highest BCUT2D eigenvalue weighted by Crippen LogP contribution is 2.33. The van der Waals surface area contributed by atoms with Crippen LogP contribution in [0.3, 0.4) is 0 Å². The van der Waals surface area contributed by atoms with E-state index in [2.05, 4.69) is 15.3 Å². The Kier molecular flexibility index (Phi) is 6.08. The summed E-state index contributed by atoms with van der Waals surface area (Å²) in [4.78, 5) is 34.1. The van der Waals surface area contributed by atoms with E-state index in [0.29, 0.717) is 46.5 Å². The molecule has 2 aromatic carbocycles. The zero-order valence-corrected chi connectivity index (χ0v) is 20.0. The zero-order valence-electron chi connectivity index (χ0n) is 18.4. The van der Waals surface area contributed by atoms with Gasteiger partial charge in [-0.2, -0.15) is 0 Å². The number of thioether (sulfide) groups is 1. The molecule has 172 valence electrons. The highest BCUT2D eigenvalue weighted by Gasteiger charge is 2.14. The number of aryl methyl sites for hydroxylation is 1. The highest BCUT2D eigenvalue weighted by molar-refractivity contribution is 8.00. The first-order chi connectivity index (χ1) is 16.5. The van der Waals surface area contributed by atoms with Crippen molar-refractivity contribution in [1.29, 1.82) is 0 Å². The van der Waals surface area contributed by atoms with Gasteiger partial charge in [-0.1, -0.05) is 23.9 Å². The molecule has 0 aliphatic rings. The molecule has 1 amide bonds. The summed E-state index contributed by atoms with van der Waals surface area (Å²) in [5.74, 6) is 1.46. The second-order valence-electron chi connectivity index (χ2n) is 7.42. The summed E-state index contributed by atoms with van der Waals surface area (Å²) in [5, 5.41) is 2.94. The van der Waals surface area contributed by atoms with Crippen LogP contribution >= 0.6 is 23.1 Å². The Morgan fingerprint density at radius 1 is 1.18 bits per heavy atom. The van der Waals surface area contributed by atoms with Gasteiger partial charge in [-0.3, -0.25) is 9.59 Å². The minimum absolute atomic E-state index is 0.232. The van der Waals surface area contributed by atoms with Crippen molar-refractivity contribution in [3.63, 3.8) is 0 Å². The van der Waals surface area contributed by atoms with Crippen LogP contribution in [-0.2, 0) is 5.75 Å². The van der Waals surface area contributed by atoms with Crippen LogP contribution in [0.15, 0.2) is 68.3 Å². The van der Waals surface area contributed by atoms with Gasteiger partial charge >= 0.3 is 0 Å². The normalized spacial score (nSPS) is 11.2. The molecule has 34 heavy (non-hydrogen) atoms. The predicted molar refractivity (Wildman–Crippen MR) is 133 cm³/mol. The van der Waals surface area contributed by atoms with Gasteiger partial charge < -0.3 is 14.6 Å². The number of amides is 1. The van der Waals surface area contributed by atoms with Gasteiger partial charge in [0.2, 0.25) is 0 Å². The molecule has 0 fully saturated rings. The molecule has 0 radical (unpaired) electrons. The van der Waals surface area contributed by atoms with Crippen LogP contribution in [0, 0.1) is 6.92 Å². The minimum Gasteiger partial charge on any atom is -0.493 e. The van der Waals surface area contributed by atoms with Crippen molar-refractivity contribution in [3.05, 3.63) is 82.0 Å². The van der Waals surface area contributed by atoms with E-state index in [4.69, 9.17) is 9.26 Å². The molecule has 0 saturated heterocycles. The van der Waals surface area contributed by atoms with E-state index in [0.717, 1.165) is 14.6 Å². The van der Waals surface area contributed by atoms with Crippen LogP contribution in [0.2, 0.25) is 0 Å². The predicted octanol–water partition coefficient (Wildman–Crippen LogP) is 5.15. The molecule has 3 heterocycles. The number of aromatic nitrogens is 3. The number of carbonyl (C=O) groups is 1. The molecule has 3 aromatic heterocycles. The number of fused-ring (bicyclic) bond motifs is 2. The molecule has 0 aliphatic carbocycles. The van der Waals surface area contributed by atoms with Gasteiger partial charge in [0.1, 0.15) is 11.5 Å². The zero-order chi connectivity index (χ0) is 23.7. The van der Waals surface area contributed by atoms with Crippen LogP contribution in [0.4, 0.5) is 5.69 Å². The fourth-order valence-electron chi connectivity index (χ4n) is 3.46. The lowest BCUT2D eigenvalue weighted by Gasteiger charge is -2.10. The van der Waals surface area contributed by atoms with E-state index in [9.17, 15) is 9.59 Å². The molecule has 0 saturated carbocycles. The lowest BCUT2D eigenvalue weighted by molar-refractivity contribution is 0.102. The monoisotopic (exact) mass is 492 g/mol. The molecule has 0 bridgehead atoms. The van der Waals surface area contributed by atoms with Crippen molar-refractivity contribution in [2.45, 2.75) is 23.9 Å². The Hall–Kier alpha value is -3.63. The van der Waals surface area contributed by atoms with E-state index < -0.39 is 0 Å². The van der Waals surface area contributed by atoms with Crippen LogP contribution in [0.25, 0.3) is 15.9 Å². The molecule has 10 heteroatoms. The van der Waals surface area contributed by atoms with Crippen molar-refractivity contribution in [1.82, 2.24) is 14.5 Å². The summed E-state index contributed by atoms with van der Waals surface area (Å²) in [6.45, 7) is 4.14. The van der Waals surface area contributed by atoms with Crippen molar-refractivity contribution >= 4 is 50.6 Å². The van der Waals surface area contributed by atoms with Gasteiger partial charge in [-0.25, -0.2) is 9.97 Å². The molecule has 0 atom stereocenters. The van der Waals surface area contributed by atoms with E-state index >= 15 is 0 Å². The number of benzene rings is 2. The average Bonchev–Trinajstić information content (AvgIpc) is 3.40. The number of anilines is 1. The van der Waals surface area contributed by atoms with Gasteiger partial charge in [0.05, 0.1) is 28.1 Å². The Morgan fingerprint density at radius 3 is 2.88 bits per heavy atom. The third-order valence-corrected chi connectivity index (χ3v) is 7.12. The van der Waals surface area contributed by atoms with Crippen LogP contribution in [-0.4, -0.2) is 27.1 Å². The maximum Gasteiger partial charge on any atom is 0.287 e. The second-order valence-corrected chi connectivity index (χ2v) is 9.67. The first-order valence-corrected chi connectivity index (χ1v) is 12.4. The smallest absolute Gasteiger partial charge is 0.287 e. The van der Waals surface area contributed by atoms with Gasteiger partial charge in [0.25, 0.3) is 11.5 Å². The average molecular weight is 493 g/mol. The lowest BCUT2D eigenvalue weighted by atomic mass is 10.2. The number of nitrogens with zero attached hydrogens (tertiary/aromatic N) is 3. The largest absolute Gasteiger partial charge is 0.493 e. The quantitative estimate of drug-likeness (QED) is 0.314. The van der Waals surface area contributed by atoms with Crippen molar-refractivity contribution in [2.75, 3.05) is 11.9 Å². The number of carbonyl (C=O) groups excluding carboxylic acids is 1. The standard InChI is InChI=1S/C24H20N4O4S2/c1-3-31-19-7-5-4-6-17(19)23(30)26-15-8-9-18-20(11-15)34-24(27-18)33-13-16-12-22(29)28-21(25-16)10-14(2)32-28/h4-12H,3,13H2,1-2H3,(H,26,30). The number of nitrogens with one attached hydrogen (secondary N) is 1. The third kappa shape index (κ3) is 4.55. The van der Waals surface area contributed by atoms with Crippen LogP contribution < -0.4 is 15.6 Å². The summed E-state index contributed by atoms with van der Waals surface area (Å²) >= 11 is 3.03. The van der Waals surface area contributed by atoms with E-state index in [1.54, 1.807) is 25.1 Å². The fraction of sp³-hybridized carbons (Fsp3) is 0.167. The van der Waals surface area contributed by atoms with Gasteiger partial charge in [0.15, 0.2) is 9.99 Å². The van der Waals surface area contributed by atoms with Crippen LogP contribution in [0.1, 0.15) is 28.7 Å². The summed E-state index contributed by atoms with van der Waals surface area (Å²) in [6, 6.07) is 16.0. The maximum atomic E-state index is 12.8. The number of hydrogen-bond donors (Lipinski definition) is 1. The van der Waals surface area contributed by atoms with Crippen molar-refractivity contribution < 1.29 is 14.1 Å². The van der Waals surface area contributed by atoms with E-state index in [1.807, 2.05) is 37.3 Å². The molecule has 0 unspecified atom stereocenters.